The molecule has 100 valence electrons. The maximum Gasteiger partial charge on any atom is 0.256 e. The Hall–Kier alpha value is -2.21. The van der Waals surface area contributed by atoms with Crippen LogP contribution < -0.4 is 5.73 Å². The smallest absolute Gasteiger partial charge is 0.256 e. The summed E-state index contributed by atoms with van der Waals surface area (Å²) in [5.74, 6) is -0.0548. The third kappa shape index (κ3) is 2.79. The Morgan fingerprint density at radius 1 is 1.32 bits per heavy atom. The molecule has 2 aromatic rings. The van der Waals surface area contributed by atoms with Gasteiger partial charge in [-0.3, -0.25) is 4.79 Å². The number of nitrogens with zero attached hydrogens (tertiary/aromatic N) is 4. The molecule has 0 aliphatic carbocycles. The molecule has 0 spiro atoms. The topological polar surface area (TPSA) is 77.0 Å². The lowest BCUT2D eigenvalue weighted by atomic mass is 10.1. The molecule has 1 amide bonds. The summed E-state index contributed by atoms with van der Waals surface area (Å²) < 4.78 is 0. The second-order valence-corrected chi connectivity index (χ2v) is 4.01. The van der Waals surface area contributed by atoms with E-state index in [1.165, 1.54) is 4.80 Å². The highest BCUT2D eigenvalue weighted by Gasteiger charge is 2.18. The number of hydrogen-bond donors (Lipinski definition) is 1. The minimum atomic E-state index is -0.0548. The van der Waals surface area contributed by atoms with Crippen LogP contribution in [0.15, 0.2) is 36.7 Å². The number of hydrogen-bond acceptors (Lipinski definition) is 4. The minimum absolute atomic E-state index is 0.0548. The first-order valence-corrected chi connectivity index (χ1v) is 6.23. The molecule has 0 aliphatic heterocycles. The molecule has 2 rings (SSSR count). The summed E-state index contributed by atoms with van der Waals surface area (Å²) in [4.78, 5) is 15.6. The number of carbonyl (C=O) groups excluding carboxylic acids is 1. The second kappa shape index (κ2) is 6.10. The molecule has 6 heteroatoms. The standard InChI is InChI=1S/C13H17N5O/c1-2-17(10-7-14)13(19)11-5-3-4-6-12(11)18-15-8-9-16-18/h3-6,8-9H,2,7,10,14H2,1H3. The van der Waals surface area contributed by atoms with Crippen molar-refractivity contribution in [3.05, 3.63) is 42.2 Å². The molecule has 0 atom stereocenters. The molecule has 19 heavy (non-hydrogen) atoms. The van der Waals surface area contributed by atoms with Crippen molar-refractivity contribution < 1.29 is 4.79 Å². The number of aromatic nitrogens is 3. The Bertz CT molecular complexity index is 538. The zero-order chi connectivity index (χ0) is 13.7. The van der Waals surface area contributed by atoms with Crippen molar-refractivity contribution >= 4 is 5.91 Å². The summed E-state index contributed by atoms with van der Waals surface area (Å²) in [5, 5.41) is 8.14. The van der Waals surface area contributed by atoms with Crippen LogP contribution in [-0.2, 0) is 0 Å². The molecule has 1 aromatic heterocycles. The van der Waals surface area contributed by atoms with Crippen molar-refractivity contribution in [2.75, 3.05) is 19.6 Å². The predicted octanol–water partition coefficient (Wildman–Crippen LogP) is 0.688. The number of rotatable bonds is 5. The molecule has 1 aromatic carbocycles. The lowest BCUT2D eigenvalue weighted by Gasteiger charge is -2.21. The minimum Gasteiger partial charge on any atom is -0.338 e. The van der Waals surface area contributed by atoms with Gasteiger partial charge in [0, 0.05) is 19.6 Å². The number of benzene rings is 1. The fraction of sp³-hybridized carbons (Fsp3) is 0.308. The summed E-state index contributed by atoms with van der Waals surface area (Å²) in [6, 6.07) is 7.29. The van der Waals surface area contributed by atoms with Crippen molar-refractivity contribution in [1.82, 2.24) is 19.9 Å². The lowest BCUT2D eigenvalue weighted by molar-refractivity contribution is 0.0768. The van der Waals surface area contributed by atoms with E-state index < -0.39 is 0 Å². The highest BCUT2D eigenvalue weighted by molar-refractivity contribution is 5.97. The average molecular weight is 259 g/mol. The van der Waals surface area contributed by atoms with Crippen LogP contribution in [0, 0.1) is 0 Å². The van der Waals surface area contributed by atoms with Crippen molar-refractivity contribution in [1.29, 1.82) is 0 Å². The van der Waals surface area contributed by atoms with Crippen molar-refractivity contribution in [2.45, 2.75) is 6.92 Å². The first-order chi connectivity index (χ1) is 9.27. The summed E-state index contributed by atoms with van der Waals surface area (Å²) in [7, 11) is 0. The lowest BCUT2D eigenvalue weighted by Crippen LogP contribution is -2.35. The molecule has 0 bridgehead atoms. The Balaban J connectivity index is 2.37. The Labute approximate surface area is 111 Å². The maximum absolute atomic E-state index is 12.5. The SMILES string of the molecule is CCN(CCN)C(=O)c1ccccc1-n1nccn1. The number of nitrogens with two attached hydrogens (primary N) is 1. The van der Waals surface area contributed by atoms with Crippen molar-refractivity contribution in [3.8, 4) is 5.69 Å². The van der Waals surface area contributed by atoms with Crippen molar-refractivity contribution in [3.63, 3.8) is 0 Å². The molecule has 2 N–H and O–H groups in total. The van der Waals surface area contributed by atoms with E-state index >= 15 is 0 Å². The van der Waals surface area contributed by atoms with E-state index in [1.807, 2.05) is 25.1 Å². The van der Waals surface area contributed by atoms with Gasteiger partial charge in [-0.05, 0) is 19.1 Å². The third-order valence-electron chi connectivity index (χ3n) is 2.84. The van der Waals surface area contributed by atoms with E-state index in [-0.39, 0.29) is 5.91 Å². The second-order valence-electron chi connectivity index (χ2n) is 4.01. The van der Waals surface area contributed by atoms with Crippen molar-refractivity contribution in [2.24, 2.45) is 5.73 Å². The molecule has 0 aliphatic rings. The Morgan fingerprint density at radius 2 is 2.00 bits per heavy atom. The van der Waals surface area contributed by atoms with Gasteiger partial charge in [0.1, 0.15) is 0 Å². The van der Waals surface area contributed by atoms with Gasteiger partial charge in [0.15, 0.2) is 0 Å². The van der Waals surface area contributed by atoms with Gasteiger partial charge in [-0.15, -0.1) is 0 Å². The highest BCUT2D eigenvalue weighted by atomic mass is 16.2. The van der Waals surface area contributed by atoms with Gasteiger partial charge < -0.3 is 10.6 Å². The van der Waals surface area contributed by atoms with Crippen LogP contribution in [0.3, 0.4) is 0 Å². The molecule has 6 nitrogen and oxygen atoms in total. The number of carbonyl (C=O) groups is 1. The molecule has 0 fully saturated rings. The molecule has 0 saturated heterocycles. The number of amides is 1. The number of para-hydroxylation sites is 1. The molecular weight excluding hydrogens is 242 g/mol. The van der Waals surface area contributed by atoms with Crippen LogP contribution >= 0.6 is 0 Å². The quantitative estimate of drug-likeness (QED) is 0.857. The van der Waals surface area contributed by atoms with Gasteiger partial charge in [-0.2, -0.15) is 15.0 Å². The number of likely N-dealkylation sites (N-methyl/N-ethyl adjacent to an activating group) is 1. The average Bonchev–Trinajstić information content (AvgIpc) is 2.98. The van der Waals surface area contributed by atoms with E-state index in [9.17, 15) is 4.79 Å². The molecule has 0 saturated carbocycles. The maximum atomic E-state index is 12.5. The van der Waals surface area contributed by atoms with Crippen LogP contribution in [0.25, 0.3) is 5.69 Å². The molecule has 0 unspecified atom stereocenters. The summed E-state index contributed by atoms with van der Waals surface area (Å²) in [6.45, 7) is 3.54. The fourth-order valence-electron chi connectivity index (χ4n) is 1.90. The van der Waals surface area contributed by atoms with E-state index in [0.29, 0.717) is 30.9 Å². The zero-order valence-corrected chi connectivity index (χ0v) is 10.9. The first kappa shape index (κ1) is 13.2. The summed E-state index contributed by atoms with van der Waals surface area (Å²) >= 11 is 0. The third-order valence-corrected chi connectivity index (χ3v) is 2.84. The summed E-state index contributed by atoms with van der Waals surface area (Å²) in [6.07, 6.45) is 3.16. The molecular formula is C13H17N5O. The van der Waals surface area contributed by atoms with E-state index in [0.717, 1.165) is 0 Å². The Morgan fingerprint density at radius 3 is 2.63 bits per heavy atom. The summed E-state index contributed by atoms with van der Waals surface area (Å²) in [5.41, 5.74) is 6.78. The van der Waals surface area contributed by atoms with Crippen LogP contribution in [0.5, 0.6) is 0 Å². The Kier molecular flexibility index (Phi) is 4.25. The van der Waals surface area contributed by atoms with Crippen LogP contribution in [0.2, 0.25) is 0 Å². The van der Waals surface area contributed by atoms with Gasteiger partial charge in [-0.25, -0.2) is 0 Å². The highest BCUT2D eigenvalue weighted by Crippen LogP contribution is 2.14. The van der Waals surface area contributed by atoms with Gasteiger partial charge in [0.2, 0.25) is 0 Å². The zero-order valence-electron chi connectivity index (χ0n) is 10.9. The largest absolute Gasteiger partial charge is 0.338 e. The normalized spacial score (nSPS) is 10.4. The predicted molar refractivity (Wildman–Crippen MR) is 72.0 cm³/mol. The van der Waals surface area contributed by atoms with Crippen LogP contribution in [0.4, 0.5) is 0 Å². The van der Waals surface area contributed by atoms with E-state index in [2.05, 4.69) is 10.2 Å². The van der Waals surface area contributed by atoms with Gasteiger partial charge in [0.25, 0.3) is 5.91 Å². The van der Waals surface area contributed by atoms with Gasteiger partial charge in [0.05, 0.1) is 23.6 Å². The van der Waals surface area contributed by atoms with E-state index in [1.54, 1.807) is 23.4 Å². The molecule has 1 heterocycles. The van der Waals surface area contributed by atoms with Gasteiger partial charge in [-0.1, -0.05) is 12.1 Å². The van der Waals surface area contributed by atoms with Gasteiger partial charge >= 0.3 is 0 Å². The van der Waals surface area contributed by atoms with Crippen LogP contribution in [0.1, 0.15) is 17.3 Å². The van der Waals surface area contributed by atoms with E-state index in [4.69, 9.17) is 5.73 Å². The monoisotopic (exact) mass is 259 g/mol. The van der Waals surface area contributed by atoms with Crippen LogP contribution in [-0.4, -0.2) is 45.4 Å². The fourth-order valence-corrected chi connectivity index (χ4v) is 1.90. The first-order valence-electron chi connectivity index (χ1n) is 6.23. The molecule has 0 radical (unpaired) electrons.